The van der Waals surface area contributed by atoms with Crippen LogP contribution in [0.2, 0.25) is 0 Å². The number of imide groups is 1. The minimum absolute atomic E-state index is 0.284. The highest BCUT2D eigenvalue weighted by atomic mass is 16.2. The van der Waals surface area contributed by atoms with E-state index in [0.29, 0.717) is 24.4 Å². The molecule has 1 aromatic rings. The van der Waals surface area contributed by atoms with Crippen molar-refractivity contribution < 1.29 is 19.2 Å². The van der Waals surface area contributed by atoms with E-state index in [4.69, 9.17) is 5.73 Å². The van der Waals surface area contributed by atoms with E-state index in [-0.39, 0.29) is 18.0 Å². The summed E-state index contributed by atoms with van der Waals surface area (Å²) in [6.07, 6.45) is 6.18. The Labute approximate surface area is 187 Å². The highest BCUT2D eigenvalue weighted by molar-refractivity contribution is 6.10. The predicted molar refractivity (Wildman–Crippen MR) is 120 cm³/mol. The first-order chi connectivity index (χ1) is 15.3. The summed E-state index contributed by atoms with van der Waals surface area (Å²) in [5, 5.41) is 5.64. The molecule has 4 N–H and O–H groups in total. The number of carbonyl (C=O) groups is 4. The first-order valence-corrected chi connectivity index (χ1v) is 11.4. The van der Waals surface area contributed by atoms with Crippen LogP contribution in [0.3, 0.4) is 0 Å². The summed E-state index contributed by atoms with van der Waals surface area (Å²) in [5.41, 5.74) is 6.10. The molecule has 2 saturated heterocycles. The van der Waals surface area contributed by atoms with Crippen LogP contribution in [0.15, 0.2) is 18.2 Å². The Morgan fingerprint density at radius 2 is 1.84 bits per heavy atom. The van der Waals surface area contributed by atoms with Crippen LogP contribution in [0.25, 0.3) is 0 Å². The van der Waals surface area contributed by atoms with E-state index in [2.05, 4.69) is 22.5 Å². The van der Waals surface area contributed by atoms with Crippen LogP contribution in [-0.4, -0.2) is 53.8 Å². The molecule has 32 heavy (non-hydrogen) atoms. The van der Waals surface area contributed by atoms with Crippen LogP contribution in [0.5, 0.6) is 0 Å². The third-order valence-corrected chi connectivity index (χ3v) is 6.93. The van der Waals surface area contributed by atoms with Crippen molar-refractivity contribution in [1.82, 2.24) is 10.2 Å². The molecule has 172 valence electrons. The molecule has 1 saturated carbocycles. The van der Waals surface area contributed by atoms with Crippen molar-refractivity contribution in [2.24, 2.45) is 11.7 Å². The van der Waals surface area contributed by atoms with E-state index in [0.717, 1.165) is 55.8 Å². The van der Waals surface area contributed by atoms with Crippen molar-refractivity contribution in [2.75, 3.05) is 29.9 Å². The van der Waals surface area contributed by atoms with Gasteiger partial charge in [0.05, 0.1) is 11.4 Å². The van der Waals surface area contributed by atoms with Crippen LogP contribution in [0, 0.1) is 5.92 Å². The maximum absolute atomic E-state index is 13.0. The molecule has 3 aliphatic rings. The fourth-order valence-electron chi connectivity index (χ4n) is 4.95. The van der Waals surface area contributed by atoms with Crippen molar-refractivity contribution in [3.8, 4) is 0 Å². The zero-order valence-electron chi connectivity index (χ0n) is 18.5. The number of benzene rings is 1. The first-order valence-electron chi connectivity index (χ1n) is 11.4. The Hall–Kier alpha value is -3.10. The van der Waals surface area contributed by atoms with E-state index in [1.54, 1.807) is 18.2 Å². The summed E-state index contributed by atoms with van der Waals surface area (Å²) in [7, 11) is 0. The van der Waals surface area contributed by atoms with Gasteiger partial charge in [-0.15, -0.1) is 0 Å². The van der Waals surface area contributed by atoms with E-state index in [9.17, 15) is 19.2 Å². The number of nitrogens with two attached hydrogens (primary N) is 1. The van der Waals surface area contributed by atoms with Crippen LogP contribution >= 0.6 is 0 Å². The van der Waals surface area contributed by atoms with Gasteiger partial charge in [0, 0.05) is 18.7 Å². The van der Waals surface area contributed by atoms with E-state index >= 15 is 0 Å². The molecule has 1 aromatic carbocycles. The second-order valence-electron chi connectivity index (χ2n) is 9.28. The smallest absolute Gasteiger partial charge is 0.325 e. The highest BCUT2D eigenvalue weighted by Gasteiger charge is 2.52. The number of anilines is 2. The summed E-state index contributed by atoms with van der Waals surface area (Å²) in [6, 6.07) is 4.46. The number of urea groups is 1. The standard InChI is InChI=1S/C23H31N5O4/c1-15-7-9-23(10-8-15)21(31)28(22(32)26-23)14-19(29)25-17-13-16(20(24)30)5-6-18(17)27-11-3-2-4-12-27/h5-6,13,15H,2-4,7-12,14H2,1H3,(H2,24,30)(H,25,29)(H,26,32). The summed E-state index contributed by atoms with van der Waals surface area (Å²) in [5.74, 6) is -0.886. The number of nitrogens with zero attached hydrogens (tertiary/aromatic N) is 2. The van der Waals surface area contributed by atoms with Gasteiger partial charge < -0.3 is 21.3 Å². The van der Waals surface area contributed by atoms with Gasteiger partial charge in [0.2, 0.25) is 11.8 Å². The Bertz CT molecular complexity index is 932. The second kappa shape index (κ2) is 8.80. The minimum atomic E-state index is -0.880. The number of amides is 5. The van der Waals surface area contributed by atoms with Crippen molar-refractivity contribution in [1.29, 1.82) is 0 Å². The van der Waals surface area contributed by atoms with Gasteiger partial charge >= 0.3 is 6.03 Å². The van der Waals surface area contributed by atoms with Crippen LogP contribution in [0.1, 0.15) is 62.2 Å². The van der Waals surface area contributed by atoms with Crippen LogP contribution in [0.4, 0.5) is 16.2 Å². The lowest BCUT2D eigenvalue weighted by Gasteiger charge is -2.33. The van der Waals surface area contributed by atoms with Gasteiger partial charge in [-0.2, -0.15) is 0 Å². The molecule has 0 unspecified atom stereocenters. The van der Waals surface area contributed by atoms with Gasteiger partial charge in [0.15, 0.2) is 0 Å². The fraction of sp³-hybridized carbons (Fsp3) is 0.565. The Balaban J connectivity index is 1.50. The van der Waals surface area contributed by atoms with Gasteiger partial charge in [-0.3, -0.25) is 19.3 Å². The molecule has 9 heteroatoms. The van der Waals surface area contributed by atoms with Gasteiger partial charge in [-0.05, 0) is 69.1 Å². The summed E-state index contributed by atoms with van der Waals surface area (Å²) in [6.45, 7) is 3.47. The topological polar surface area (TPSA) is 125 Å². The molecule has 2 heterocycles. The summed E-state index contributed by atoms with van der Waals surface area (Å²) >= 11 is 0. The number of hydrogen-bond donors (Lipinski definition) is 3. The van der Waals surface area contributed by atoms with Gasteiger partial charge in [-0.25, -0.2) is 4.79 Å². The van der Waals surface area contributed by atoms with Crippen molar-refractivity contribution >= 4 is 35.1 Å². The van der Waals surface area contributed by atoms with E-state index in [1.807, 2.05) is 0 Å². The number of hydrogen-bond acceptors (Lipinski definition) is 5. The zero-order chi connectivity index (χ0) is 22.9. The molecule has 1 spiro atoms. The maximum atomic E-state index is 13.0. The lowest BCUT2D eigenvalue weighted by Crippen LogP contribution is -2.49. The van der Waals surface area contributed by atoms with Crippen LogP contribution < -0.4 is 21.3 Å². The highest BCUT2D eigenvalue weighted by Crippen LogP contribution is 2.36. The molecule has 3 fully saturated rings. The number of piperidine rings is 1. The molecule has 0 bridgehead atoms. The SMILES string of the molecule is CC1CCC2(CC1)NC(=O)N(CC(=O)Nc1cc(C(N)=O)ccc1N1CCCCC1)C2=O. The molecular formula is C23H31N5O4. The van der Waals surface area contributed by atoms with Crippen molar-refractivity contribution in [2.45, 2.75) is 57.4 Å². The van der Waals surface area contributed by atoms with Gasteiger partial charge in [0.1, 0.15) is 12.1 Å². The third kappa shape index (κ3) is 4.28. The Morgan fingerprint density at radius 3 is 2.50 bits per heavy atom. The molecule has 0 aromatic heterocycles. The third-order valence-electron chi connectivity index (χ3n) is 6.93. The van der Waals surface area contributed by atoms with E-state index in [1.165, 1.54) is 0 Å². The lowest BCUT2D eigenvalue weighted by atomic mass is 9.77. The quantitative estimate of drug-likeness (QED) is 0.604. The monoisotopic (exact) mass is 441 g/mol. The Kier molecular flexibility index (Phi) is 6.08. The molecule has 0 atom stereocenters. The zero-order valence-corrected chi connectivity index (χ0v) is 18.5. The number of primary amides is 1. The van der Waals surface area contributed by atoms with Crippen molar-refractivity contribution in [3.05, 3.63) is 23.8 Å². The number of nitrogens with one attached hydrogen (secondary N) is 2. The largest absolute Gasteiger partial charge is 0.370 e. The maximum Gasteiger partial charge on any atom is 0.325 e. The molecule has 0 radical (unpaired) electrons. The first kappa shape index (κ1) is 22.1. The summed E-state index contributed by atoms with van der Waals surface area (Å²) in [4.78, 5) is 53.3. The average Bonchev–Trinajstić information content (AvgIpc) is 3.00. The molecule has 4 rings (SSSR count). The summed E-state index contributed by atoms with van der Waals surface area (Å²) < 4.78 is 0. The Morgan fingerprint density at radius 1 is 1.16 bits per heavy atom. The number of carbonyl (C=O) groups excluding carboxylic acids is 4. The number of rotatable bonds is 5. The van der Waals surface area contributed by atoms with Crippen molar-refractivity contribution in [3.63, 3.8) is 0 Å². The van der Waals surface area contributed by atoms with Gasteiger partial charge in [0.25, 0.3) is 5.91 Å². The van der Waals surface area contributed by atoms with Crippen LogP contribution in [-0.2, 0) is 9.59 Å². The second-order valence-corrected chi connectivity index (χ2v) is 9.28. The normalized spacial score (nSPS) is 25.7. The molecule has 9 nitrogen and oxygen atoms in total. The molecule has 1 aliphatic carbocycles. The van der Waals surface area contributed by atoms with Gasteiger partial charge in [-0.1, -0.05) is 6.92 Å². The van der Waals surface area contributed by atoms with E-state index < -0.39 is 23.4 Å². The average molecular weight is 442 g/mol. The molecular weight excluding hydrogens is 410 g/mol. The lowest BCUT2D eigenvalue weighted by molar-refractivity contribution is -0.135. The molecule has 2 aliphatic heterocycles. The minimum Gasteiger partial charge on any atom is -0.370 e. The molecule has 5 amide bonds. The fourth-order valence-corrected chi connectivity index (χ4v) is 4.95. The predicted octanol–water partition coefficient (Wildman–Crippen LogP) is 2.21.